The average molecular weight is 1120 g/mol. The van der Waals surface area contributed by atoms with Crippen LogP contribution in [0.15, 0.2) is 158 Å². The number of fused-ring (bicyclic) bond motifs is 4. The normalized spacial score (nSPS) is 26.5. The van der Waals surface area contributed by atoms with Gasteiger partial charge in [-0.3, -0.25) is 15.0 Å². The molecule has 0 radical (unpaired) electrons. The van der Waals surface area contributed by atoms with Gasteiger partial charge in [-0.1, -0.05) is 190 Å². The first kappa shape index (κ1) is 51.7. The summed E-state index contributed by atoms with van der Waals surface area (Å²) in [6.45, 7) is 18.8. The highest BCUT2D eigenvalue weighted by atomic mass is 14.7. The number of hydrogen-bond donors (Lipinski definition) is 0. The van der Waals surface area contributed by atoms with Crippen LogP contribution in [0.3, 0.4) is 0 Å². The second-order valence-corrected chi connectivity index (χ2v) is 30.3. The Morgan fingerprint density at radius 3 is 1.36 bits per heavy atom. The molecule has 8 aliphatic carbocycles. The van der Waals surface area contributed by atoms with Crippen molar-refractivity contribution in [3.05, 3.63) is 219 Å². The van der Waals surface area contributed by atoms with Crippen molar-refractivity contribution in [2.45, 2.75) is 222 Å². The maximum atomic E-state index is 10.3. The summed E-state index contributed by atoms with van der Waals surface area (Å²) in [5.74, 6) is 2.30. The predicted molar refractivity (Wildman–Crippen MR) is 355 cm³/mol. The van der Waals surface area contributed by atoms with Gasteiger partial charge in [0, 0.05) is 40.8 Å². The molecular weight excluding hydrogens is 1030 g/mol. The van der Waals surface area contributed by atoms with Gasteiger partial charge >= 0.3 is 0 Å². The van der Waals surface area contributed by atoms with Crippen LogP contribution >= 0.6 is 0 Å². The number of pyridine rings is 3. The fourth-order valence-corrected chi connectivity index (χ4v) is 17.4. The van der Waals surface area contributed by atoms with Gasteiger partial charge in [-0.25, -0.2) is 0 Å². The first-order valence-electron chi connectivity index (χ1n) is 35.0. The fraction of sp³-hybridized carbons (Fsp3) is 0.451. The molecule has 3 nitrogen and oxygen atoms in total. The Bertz CT molecular complexity index is 3760. The largest absolute Gasteiger partial charge is 0.256 e. The van der Waals surface area contributed by atoms with E-state index in [1.54, 1.807) is 6.20 Å². The molecule has 8 aliphatic rings. The maximum Gasteiger partial charge on any atom is 0.0708 e. The Hall–Kier alpha value is -6.45. The molecule has 3 aromatic heterocycles. The van der Waals surface area contributed by atoms with Crippen LogP contribution in [0.2, 0.25) is 0 Å². The monoisotopic (exact) mass is 1120 g/mol. The molecule has 0 atom stereocenters. The molecule has 0 unspecified atom stereocenters. The van der Waals surface area contributed by atoms with Gasteiger partial charge in [0.25, 0.3) is 0 Å². The molecule has 0 N–H and O–H groups in total. The van der Waals surface area contributed by atoms with E-state index < -0.39 is 23.6 Å². The molecule has 0 saturated heterocycles. The predicted octanol–water partition coefficient (Wildman–Crippen LogP) is 21.0. The second kappa shape index (κ2) is 21.7. The molecule has 85 heavy (non-hydrogen) atoms. The number of benzene rings is 5. The van der Waals surface area contributed by atoms with Crippen molar-refractivity contribution in [2.75, 3.05) is 0 Å². The lowest BCUT2D eigenvalue weighted by Crippen LogP contribution is -2.44. The molecule has 0 aliphatic heterocycles. The standard InChI is InChI=1S/C82H93N3/c1-77(2,67-30-34-74(84-53-67)64-28-32-70-72(47-64)81(7)40-36-79(70,5)37-41-81)50-56-44-55(45-57(46-56)51-78(3,4)68-31-35-75(85-54-68)65-29-33-71-73(48-65)82(8)42-38-80(71,6)39-43-82)18-19-66-52-83-76(63-16-10-9-11-17-63)49-69(66)62-26-24-61(25-27-62)60-22-20-59(21-23-60)58-14-12-13-15-58/h9-11,16-17,24-35,44-49,52-54,58-60H,12-15,18-23,36-43,50-51H2,1-8H3/i18D2,19D2. The lowest BCUT2D eigenvalue weighted by atomic mass is 9.52. The van der Waals surface area contributed by atoms with E-state index in [-0.39, 0.29) is 27.2 Å². The van der Waals surface area contributed by atoms with Crippen LogP contribution in [0.1, 0.15) is 231 Å². The molecular formula is C82H93N3. The van der Waals surface area contributed by atoms with Crippen molar-refractivity contribution in [3.8, 4) is 44.9 Å². The highest BCUT2D eigenvalue weighted by Gasteiger charge is 2.49. The minimum Gasteiger partial charge on any atom is -0.256 e. The Morgan fingerprint density at radius 1 is 0.412 bits per heavy atom. The zero-order valence-corrected chi connectivity index (χ0v) is 52.3. The Kier molecular flexibility index (Phi) is 13.2. The molecule has 4 fully saturated rings. The number of rotatable bonds is 15. The highest BCUT2D eigenvalue weighted by Crippen LogP contribution is 2.58. The van der Waals surface area contributed by atoms with E-state index >= 15 is 0 Å². The maximum absolute atomic E-state index is 10.3. The summed E-state index contributed by atoms with van der Waals surface area (Å²) >= 11 is 0. The van der Waals surface area contributed by atoms with Crippen LogP contribution in [0.4, 0.5) is 0 Å². The number of hydrogen-bond acceptors (Lipinski definition) is 3. The highest BCUT2D eigenvalue weighted by molar-refractivity contribution is 5.74. The number of aryl methyl sites for hydroxylation is 2. The molecule has 3 heteroatoms. The lowest BCUT2D eigenvalue weighted by Gasteiger charge is -2.52. The third-order valence-electron chi connectivity index (χ3n) is 23.4. The van der Waals surface area contributed by atoms with Crippen LogP contribution in [0, 0.1) is 11.8 Å². The first-order chi connectivity index (χ1) is 42.4. The molecule has 436 valence electrons. The van der Waals surface area contributed by atoms with E-state index in [1.807, 2.05) is 60.9 Å². The summed E-state index contributed by atoms with van der Waals surface area (Å²) in [5.41, 5.74) is 19.7. The van der Waals surface area contributed by atoms with Crippen LogP contribution in [0.5, 0.6) is 0 Å². The molecule has 4 bridgehead atoms. The summed E-state index contributed by atoms with van der Waals surface area (Å²) in [5, 5.41) is 0. The summed E-state index contributed by atoms with van der Waals surface area (Å²) in [7, 11) is 0. The van der Waals surface area contributed by atoms with Crippen LogP contribution < -0.4 is 0 Å². The van der Waals surface area contributed by atoms with Gasteiger partial charge in [-0.2, -0.15) is 0 Å². The van der Waals surface area contributed by atoms with Crippen LogP contribution in [-0.2, 0) is 58.1 Å². The van der Waals surface area contributed by atoms with Crippen molar-refractivity contribution in [2.24, 2.45) is 11.8 Å². The smallest absolute Gasteiger partial charge is 0.0708 e. The van der Waals surface area contributed by atoms with Gasteiger partial charge in [-0.15, -0.1) is 0 Å². The third-order valence-corrected chi connectivity index (χ3v) is 23.4. The summed E-state index contributed by atoms with van der Waals surface area (Å²) in [4.78, 5) is 15.3. The zero-order chi connectivity index (χ0) is 61.9. The van der Waals surface area contributed by atoms with Gasteiger partial charge in [-0.05, 0) is 256 Å². The van der Waals surface area contributed by atoms with Crippen molar-refractivity contribution >= 4 is 0 Å². The Morgan fingerprint density at radius 2 is 0.871 bits per heavy atom. The molecule has 3 heterocycles. The molecule has 0 spiro atoms. The Balaban J connectivity index is 0.795. The zero-order valence-electron chi connectivity index (χ0n) is 56.3. The lowest BCUT2D eigenvalue weighted by molar-refractivity contribution is 0.188. The summed E-state index contributed by atoms with van der Waals surface area (Å²) in [6.07, 6.45) is 22.5. The van der Waals surface area contributed by atoms with E-state index in [0.29, 0.717) is 29.9 Å². The molecule has 4 saturated carbocycles. The van der Waals surface area contributed by atoms with E-state index in [4.69, 9.17) is 15.0 Å². The minimum absolute atomic E-state index is 0.217. The van der Waals surface area contributed by atoms with Gasteiger partial charge in [0.1, 0.15) is 0 Å². The first-order valence-corrected chi connectivity index (χ1v) is 33.0. The van der Waals surface area contributed by atoms with Crippen molar-refractivity contribution in [1.82, 2.24) is 15.0 Å². The number of aromatic nitrogens is 3. The van der Waals surface area contributed by atoms with Gasteiger partial charge in [0.2, 0.25) is 0 Å². The quantitative estimate of drug-likeness (QED) is 0.103. The van der Waals surface area contributed by atoms with Crippen molar-refractivity contribution < 1.29 is 5.48 Å². The van der Waals surface area contributed by atoms with Crippen molar-refractivity contribution in [1.29, 1.82) is 0 Å². The van der Waals surface area contributed by atoms with E-state index in [9.17, 15) is 5.48 Å². The van der Waals surface area contributed by atoms with Gasteiger partial charge in [0.05, 0.1) is 17.1 Å². The van der Waals surface area contributed by atoms with E-state index in [2.05, 4.69) is 146 Å². The third kappa shape index (κ3) is 10.8. The summed E-state index contributed by atoms with van der Waals surface area (Å²) < 4.78 is 41.1. The molecule has 8 aromatic rings. The minimum atomic E-state index is -2.51. The molecule has 16 rings (SSSR count). The topological polar surface area (TPSA) is 38.7 Å². The van der Waals surface area contributed by atoms with Crippen LogP contribution in [-0.4, -0.2) is 15.0 Å². The number of nitrogens with zero attached hydrogens (tertiary/aromatic N) is 3. The fourth-order valence-electron chi connectivity index (χ4n) is 17.4. The molecule has 0 amide bonds. The van der Waals surface area contributed by atoms with Gasteiger partial charge < -0.3 is 0 Å². The summed E-state index contributed by atoms with van der Waals surface area (Å²) in [6, 6.07) is 50.0. The second-order valence-electron chi connectivity index (χ2n) is 30.3. The van der Waals surface area contributed by atoms with E-state index in [0.717, 1.165) is 73.4 Å². The Labute approximate surface area is 516 Å². The van der Waals surface area contributed by atoms with E-state index in [1.165, 1.54) is 131 Å². The van der Waals surface area contributed by atoms with Crippen molar-refractivity contribution in [3.63, 3.8) is 0 Å². The SMILES string of the molecule is [2H]C([2H])(c1cc(CC(C)(C)c2ccc(-c3ccc4c(c3)C3(C)CCC4(C)CC3)nc2)cc(CC(C)(C)c2ccc(-c3ccc4c(c3)C3(C)CCC4(C)CC3)nc2)c1)C([2H])([2H])c1cnc(-c2ccccc2)cc1-c1ccc(C2CCC(C3CCCC3)CC2)cc1. The van der Waals surface area contributed by atoms with Crippen LogP contribution in [0.25, 0.3) is 44.9 Å². The molecule has 5 aromatic carbocycles. The average Bonchev–Trinajstić information content (AvgIpc) is 0.908. The van der Waals surface area contributed by atoms with Gasteiger partial charge in [0.15, 0.2) is 0 Å².